The molecule has 3 atom stereocenters. The number of aliphatic hydroxyl groups is 2. The predicted octanol–water partition coefficient (Wildman–Crippen LogP) is 1.92. The molecule has 1 fully saturated rings. The predicted molar refractivity (Wildman–Crippen MR) is 143 cm³/mol. The number of nitrogens with zero attached hydrogens (tertiary/aromatic N) is 2. The number of imidazole rings is 1. The summed E-state index contributed by atoms with van der Waals surface area (Å²) in [5.74, 6) is 1.38. The average molecular weight is 528 g/mol. The first kappa shape index (κ1) is 27.6. The van der Waals surface area contributed by atoms with Gasteiger partial charge in [-0.1, -0.05) is 18.2 Å². The number of para-hydroxylation sites is 2. The van der Waals surface area contributed by atoms with Crippen LogP contribution in [0.2, 0.25) is 0 Å². The molecule has 206 valence electrons. The molecule has 6 N–H and O–H groups in total. The number of benzene rings is 2. The van der Waals surface area contributed by atoms with E-state index in [9.17, 15) is 15.0 Å². The summed E-state index contributed by atoms with van der Waals surface area (Å²) in [7, 11) is 0. The molecule has 4 rings (SSSR count). The maximum atomic E-state index is 11.2. The second kappa shape index (κ2) is 13.4. The van der Waals surface area contributed by atoms with Crippen LogP contribution in [-0.2, 0) is 16.1 Å². The molecule has 1 saturated heterocycles. The number of anilines is 1. The Morgan fingerprint density at radius 3 is 2.79 bits per heavy atom. The number of rotatable bonds is 15. The van der Waals surface area contributed by atoms with Gasteiger partial charge in [-0.25, -0.2) is 4.98 Å². The number of aromatic nitrogens is 2. The van der Waals surface area contributed by atoms with Gasteiger partial charge in [-0.3, -0.25) is 9.36 Å². The van der Waals surface area contributed by atoms with Gasteiger partial charge >= 0.3 is 0 Å². The fourth-order valence-corrected chi connectivity index (χ4v) is 4.49. The Morgan fingerprint density at radius 2 is 2.05 bits per heavy atom. The molecule has 2 heterocycles. The molecule has 2 aromatic carbocycles. The molecule has 11 heteroatoms. The summed E-state index contributed by atoms with van der Waals surface area (Å²) in [6, 6.07) is 13.0. The first-order chi connectivity index (χ1) is 18.5. The van der Waals surface area contributed by atoms with E-state index in [-0.39, 0.29) is 25.5 Å². The van der Waals surface area contributed by atoms with Crippen molar-refractivity contribution in [2.45, 2.75) is 51.1 Å². The topological polar surface area (TPSA) is 153 Å². The van der Waals surface area contributed by atoms with Gasteiger partial charge in [-0.05, 0) is 62.6 Å². The highest BCUT2D eigenvalue weighted by Gasteiger charge is 2.29. The summed E-state index contributed by atoms with van der Waals surface area (Å²) in [4.78, 5) is 16.0. The van der Waals surface area contributed by atoms with Crippen LogP contribution in [0.5, 0.6) is 11.5 Å². The highest BCUT2D eigenvalue weighted by Crippen LogP contribution is 2.35. The van der Waals surface area contributed by atoms with Crippen molar-refractivity contribution in [1.29, 1.82) is 0 Å². The van der Waals surface area contributed by atoms with E-state index in [0.29, 0.717) is 50.2 Å². The fraction of sp³-hybridized carbons (Fsp3) is 0.481. The number of amides is 1. The highest BCUT2D eigenvalue weighted by molar-refractivity contribution is 5.80. The number of hydrogen-bond acceptors (Lipinski definition) is 9. The Morgan fingerprint density at radius 1 is 1.21 bits per heavy atom. The van der Waals surface area contributed by atoms with E-state index < -0.39 is 11.9 Å². The van der Waals surface area contributed by atoms with E-state index >= 15 is 0 Å². The molecular formula is C27H37N5O6. The third-order valence-corrected chi connectivity index (χ3v) is 6.43. The molecule has 11 nitrogen and oxygen atoms in total. The van der Waals surface area contributed by atoms with Crippen LogP contribution in [0.25, 0.3) is 11.0 Å². The van der Waals surface area contributed by atoms with Crippen LogP contribution >= 0.6 is 0 Å². The van der Waals surface area contributed by atoms with Gasteiger partial charge in [0.25, 0.3) is 0 Å². The van der Waals surface area contributed by atoms with E-state index in [4.69, 9.17) is 24.9 Å². The standard InChI is InChI=1S/C27H37N5O6/c1-2-36-23-10-8-18(14-24(23)37-13-5-12-29-21(17-34)26(28)35)15-30-27-31-20-6-3-4-7-22(20)32(27)25-11-9-19(16-33)38-25/h3-4,6-8,10,14,19,21,25,29,33-34H,2,5,9,11-13,15-17H2,1H3,(H2,28,35)(H,30,31)/t19-,21-,25+/m0/s1. The summed E-state index contributed by atoms with van der Waals surface area (Å²) in [5, 5.41) is 25.1. The van der Waals surface area contributed by atoms with Gasteiger partial charge in [0.1, 0.15) is 12.3 Å². The summed E-state index contributed by atoms with van der Waals surface area (Å²) in [5.41, 5.74) is 8.06. The van der Waals surface area contributed by atoms with Crippen molar-refractivity contribution in [2.75, 3.05) is 38.3 Å². The van der Waals surface area contributed by atoms with Gasteiger partial charge < -0.3 is 40.8 Å². The van der Waals surface area contributed by atoms with Gasteiger partial charge in [0, 0.05) is 6.54 Å². The van der Waals surface area contributed by atoms with Crippen molar-refractivity contribution in [2.24, 2.45) is 5.73 Å². The van der Waals surface area contributed by atoms with Crippen molar-refractivity contribution in [3.05, 3.63) is 48.0 Å². The molecular weight excluding hydrogens is 490 g/mol. The van der Waals surface area contributed by atoms with Crippen molar-refractivity contribution in [3.63, 3.8) is 0 Å². The lowest BCUT2D eigenvalue weighted by Gasteiger charge is -2.18. The first-order valence-corrected chi connectivity index (χ1v) is 13.0. The molecule has 1 aliphatic heterocycles. The number of carbonyl (C=O) groups excluding carboxylic acids is 1. The Hall–Kier alpha value is -3.38. The van der Waals surface area contributed by atoms with Crippen LogP contribution in [0.4, 0.5) is 5.95 Å². The second-order valence-electron chi connectivity index (χ2n) is 9.13. The molecule has 0 aliphatic carbocycles. The van der Waals surface area contributed by atoms with Crippen LogP contribution in [0, 0.1) is 0 Å². The summed E-state index contributed by atoms with van der Waals surface area (Å²) < 4.78 is 19.9. The van der Waals surface area contributed by atoms with Crippen molar-refractivity contribution in [1.82, 2.24) is 14.9 Å². The van der Waals surface area contributed by atoms with Crippen molar-refractivity contribution in [3.8, 4) is 11.5 Å². The lowest BCUT2D eigenvalue weighted by molar-refractivity contribution is -0.120. The largest absolute Gasteiger partial charge is 0.490 e. The number of carbonyl (C=O) groups is 1. The number of ether oxygens (including phenoxy) is 3. The zero-order valence-corrected chi connectivity index (χ0v) is 21.6. The molecule has 38 heavy (non-hydrogen) atoms. The monoisotopic (exact) mass is 527 g/mol. The van der Waals surface area contributed by atoms with Crippen LogP contribution in [0.3, 0.4) is 0 Å². The molecule has 0 radical (unpaired) electrons. The minimum Gasteiger partial charge on any atom is -0.490 e. The quantitative estimate of drug-likeness (QED) is 0.187. The fourth-order valence-electron chi connectivity index (χ4n) is 4.49. The molecule has 0 unspecified atom stereocenters. The molecule has 3 aromatic rings. The number of aliphatic hydroxyl groups excluding tert-OH is 2. The van der Waals surface area contributed by atoms with Crippen molar-refractivity contribution >= 4 is 22.9 Å². The van der Waals surface area contributed by atoms with E-state index in [1.54, 1.807) is 0 Å². The Kier molecular flexibility index (Phi) is 9.77. The van der Waals surface area contributed by atoms with Crippen LogP contribution in [-0.4, -0.2) is 70.8 Å². The number of primary amides is 1. The lowest BCUT2D eigenvalue weighted by Crippen LogP contribution is -2.44. The molecule has 1 amide bonds. The maximum Gasteiger partial charge on any atom is 0.236 e. The Balaban J connectivity index is 1.43. The Labute approximate surface area is 221 Å². The zero-order valence-electron chi connectivity index (χ0n) is 21.6. The summed E-state index contributed by atoms with van der Waals surface area (Å²) in [6.07, 6.45) is 1.84. The zero-order chi connectivity index (χ0) is 26.9. The van der Waals surface area contributed by atoms with Gasteiger partial charge in [0.15, 0.2) is 11.5 Å². The van der Waals surface area contributed by atoms with Crippen LogP contribution in [0.1, 0.15) is 38.0 Å². The van der Waals surface area contributed by atoms with Gasteiger partial charge in [0.2, 0.25) is 11.9 Å². The molecule has 0 spiro atoms. The van der Waals surface area contributed by atoms with E-state index in [2.05, 4.69) is 15.2 Å². The van der Waals surface area contributed by atoms with Crippen LogP contribution < -0.4 is 25.8 Å². The van der Waals surface area contributed by atoms with Crippen LogP contribution in [0.15, 0.2) is 42.5 Å². The van der Waals surface area contributed by atoms with E-state index in [1.165, 1.54) is 0 Å². The average Bonchev–Trinajstić information content (AvgIpc) is 3.54. The number of nitrogens with one attached hydrogen (secondary N) is 2. The summed E-state index contributed by atoms with van der Waals surface area (Å²) >= 11 is 0. The molecule has 1 aromatic heterocycles. The summed E-state index contributed by atoms with van der Waals surface area (Å²) in [6.45, 7) is 3.44. The van der Waals surface area contributed by atoms with E-state index in [1.807, 2.05) is 49.4 Å². The molecule has 0 saturated carbocycles. The number of nitrogens with two attached hydrogens (primary N) is 1. The highest BCUT2D eigenvalue weighted by atomic mass is 16.5. The third-order valence-electron chi connectivity index (χ3n) is 6.43. The molecule has 0 bridgehead atoms. The van der Waals surface area contributed by atoms with E-state index in [0.717, 1.165) is 29.4 Å². The van der Waals surface area contributed by atoms with Gasteiger partial charge in [0.05, 0.1) is 43.6 Å². The maximum absolute atomic E-state index is 11.2. The molecule has 1 aliphatic rings. The van der Waals surface area contributed by atoms with Gasteiger partial charge in [-0.2, -0.15) is 0 Å². The van der Waals surface area contributed by atoms with Crippen molar-refractivity contribution < 1.29 is 29.2 Å². The minimum absolute atomic E-state index is 0.00404. The normalized spacial score (nSPS) is 18.0. The van der Waals surface area contributed by atoms with Gasteiger partial charge in [-0.15, -0.1) is 0 Å². The second-order valence-corrected chi connectivity index (χ2v) is 9.13. The first-order valence-electron chi connectivity index (χ1n) is 13.0. The minimum atomic E-state index is -0.767. The smallest absolute Gasteiger partial charge is 0.236 e. The SMILES string of the molecule is CCOc1ccc(CNc2nc3ccccc3n2[C@H]2CC[C@@H](CO)O2)cc1OCCCN[C@@H](CO)C(N)=O. The number of hydrogen-bond donors (Lipinski definition) is 5. The number of fused-ring (bicyclic) bond motifs is 1. The lowest BCUT2D eigenvalue weighted by atomic mass is 10.2. The Bertz CT molecular complexity index is 1200. The third kappa shape index (κ3) is 6.73.